The second-order valence-corrected chi connectivity index (χ2v) is 5.62. The molecule has 1 heterocycles. The summed E-state index contributed by atoms with van der Waals surface area (Å²) in [6.07, 6.45) is 3.91. The minimum absolute atomic E-state index is 0.725. The zero-order chi connectivity index (χ0) is 12.8. The normalized spacial score (nSPS) is 10.9. The molecule has 0 saturated heterocycles. The Morgan fingerprint density at radius 3 is 2.83 bits per heavy atom. The van der Waals surface area contributed by atoms with Gasteiger partial charge in [0.2, 0.25) is 5.16 Å². The van der Waals surface area contributed by atoms with E-state index in [-0.39, 0.29) is 0 Å². The Bertz CT molecular complexity index is 548. The second-order valence-electron chi connectivity index (χ2n) is 3.55. The summed E-state index contributed by atoms with van der Waals surface area (Å²) in [5.74, 6) is 1.52. The van der Waals surface area contributed by atoms with Gasteiger partial charge >= 0.3 is 0 Å². The van der Waals surface area contributed by atoms with Crippen LogP contribution >= 0.6 is 27.7 Å². The molecule has 0 saturated carbocycles. The summed E-state index contributed by atoms with van der Waals surface area (Å²) in [4.78, 5) is 4.34. The number of hydrogen-bond donors (Lipinski definition) is 1. The van der Waals surface area contributed by atoms with Gasteiger partial charge in [-0.25, -0.2) is 4.98 Å². The SMILES string of the molecule is C=C(Br)CSc1n[nH]c(/C=C/c2ccccc2)n1. The third kappa shape index (κ3) is 4.16. The van der Waals surface area contributed by atoms with E-state index in [9.17, 15) is 0 Å². The Balaban J connectivity index is 1.98. The van der Waals surface area contributed by atoms with Crippen LogP contribution in [0.2, 0.25) is 0 Å². The summed E-state index contributed by atoms with van der Waals surface area (Å²) in [5, 5.41) is 7.73. The van der Waals surface area contributed by atoms with Crippen LogP contribution in [0.1, 0.15) is 11.4 Å². The number of thioether (sulfide) groups is 1. The van der Waals surface area contributed by atoms with E-state index in [0.717, 1.165) is 26.8 Å². The molecular formula is C13H12BrN3S. The summed E-state index contributed by atoms with van der Waals surface area (Å²) >= 11 is 4.84. The van der Waals surface area contributed by atoms with Gasteiger partial charge in [-0.3, -0.25) is 5.10 Å². The molecule has 0 spiro atoms. The monoisotopic (exact) mass is 321 g/mol. The van der Waals surface area contributed by atoms with Crippen LogP contribution in [0.3, 0.4) is 0 Å². The van der Waals surface area contributed by atoms with Crippen LogP contribution in [-0.2, 0) is 0 Å². The maximum absolute atomic E-state index is 4.34. The van der Waals surface area contributed by atoms with E-state index in [1.807, 2.05) is 42.5 Å². The molecule has 18 heavy (non-hydrogen) atoms. The van der Waals surface area contributed by atoms with Crippen molar-refractivity contribution in [3.63, 3.8) is 0 Å². The van der Waals surface area contributed by atoms with Gasteiger partial charge in [-0.15, -0.1) is 5.10 Å². The van der Waals surface area contributed by atoms with Gasteiger partial charge in [0.1, 0.15) is 5.82 Å². The molecule has 2 aromatic rings. The minimum Gasteiger partial charge on any atom is -0.259 e. The highest BCUT2D eigenvalue weighted by Crippen LogP contribution is 2.18. The van der Waals surface area contributed by atoms with Crippen molar-refractivity contribution in [3.8, 4) is 0 Å². The predicted octanol–water partition coefficient (Wildman–Crippen LogP) is 3.98. The Kier molecular flexibility index (Phi) is 4.78. The molecule has 1 aromatic heterocycles. The van der Waals surface area contributed by atoms with E-state index >= 15 is 0 Å². The Labute approximate surface area is 119 Å². The van der Waals surface area contributed by atoms with Crippen LogP contribution in [0.15, 0.2) is 46.5 Å². The first-order valence-electron chi connectivity index (χ1n) is 5.35. The predicted molar refractivity (Wildman–Crippen MR) is 80.5 cm³/mol. The molecule has 5 heteroatoms. The van der Waals surface area contributed by atoms with Crippen molar-refractivity contribution >= 4 is 39.8 Å². The largest absolute Gasteiger partial charge is 0.259 e. The molecule has 0 unspecified atom stereocenters. The number of halogens is 1. The van der Waals surface area contributed by atoms with Crippen LogP contribution in [0, 0.1) is 0 Å². The summed E-state index contributed by atoms with van der Waals surface area (Å²) in [5.41, 5.74) is 1.14. The third-order valence-electron chi connectivity index (χ3n) is 2.07. The Morgan fingerprint density at radius 1 is 1.33 bits per heavy atom. The van der Waals surface area contributed by atoms with Crippen molar-refractivity contribution < 1.29 is 0 Å². The molecule has 0 fully saturated rings. The zero-order valence-corrected chi connectivity index (χ0v) is 12.0. The van der Waals surface area contributed by atoms with Gasteiger partial charge in [0.15, 0.2) is 0 Å². The number of benzene rings is 1. The smallest absolute Gasteiger partial charge is 0.209 e. The van der Waals surface area contributed by atoms with Gasteiger partial charge in [-0.05, 0) is 16.1 Å². The molecule has 3 nitrogen and oxygen atoms in total. The number of aromatic nitrogens is 3. The number of H-pyrrole nitrogens is 1. The van der Waals surface area contributed by atoms with E-state index in [0.29, 0.717) is 0 Å². The average molecular weight is 322 g/mol. The highest BCUT2D eigenvalue weighted by atomic mass is 79.9. The average Bonchev–Trinajstić information content (AvgIpc) is 2.83. The quantitative estimate of drug-likeness (QED) is 0.847. The first-order valence-corrected chi connectivity index (χ1v) is 7.13. The van der Waals surface area contributed by atoms with Crippen LogP contribution in [-0.4, -0.2) is 20.9 Å². The lowest BCUT2D eigenvalue weighted by atomic mass is 10.2. The van der Waals surface area contributed by atoms with Gasteiger partial charge in [-0.2, -0.15) is 0 Å². The second kappa shape index (κ2) is 6.56. The first-order chi connectivity index (χ1) is 8.74. The molecule has 0 aliphatic rings. The molecule has 0 atom stereocenters. The number of aromatic amines is 1. The maximum Gasteiger partial charge on any atom is 0.209 e. The Morgan fingerprint density at radius 2 is 2.11 bits per heavy atom. The van der Waals surface area contributed by atoms with Crippen molar-refractivity contribution in [2.24, 2.45) is 0 Å². The summed E-state index contributed by atoms with van der Waals surface area (Å²) in [7, 11) is 0. The highest BCUT2D eigenvalue weighted by Gasteiger charge is 2.01. The van der Waals surface area contributed by atoms with E-state index in [1.165, 1.54) is 11.8 Å². The zero-order valence-electron chi connectivity index (χ0n) is 9.64. The lowest BCUT2D eigenvalue weighted by molar-refractivity contribution is 0.974. The molecule has 0 aliphatic heterocycles. The van der Waals surface area contributed by atoms with Crippen LogP contribution < -0.4 is 0 Å². The molecule has 1 N–H and O–H groups in total. The Hall–Kier alpha value is -1.33. The molecule has 1 aromatic carbocycles. The lowest BCUT2D eigenvalue weighted by Crippen LogP contribution is -1.79. The summed E-state index contributed by atoms with van der Waals surface area (Å²) < 4.78 is 0.929. The van der Waals surface area contributed by atoms with E-state index in [2.05, 4.69) is 37.7 Å². The van der Waals surface area contributed by atoms with Crippen molar-refractivity contribution in [2.45, 2.75) is 5.16 Å². The molecule has 92 valence electrons. The lowest BCUT2D eigenvalue weighted by Gasteiger charge is -1.91. The third-order valence-corrected chi connectivity index (χ3v) is 3.66. The number of nitrogens with one attached hydrogen (secondary N) is 1. The molecular weight excluding hydrogens is 310 g/mol. The molecule has 0 radical (unpaired) electrons. The van der Waals surface area contributed by atoms with Gasteiger partial charge in [0, 0.05) is 5.75 Å². The fraction of sp³-hybridized carbons (Fsp3) is 0.0769. The summed E-state index contributed by atoms with van der Waals surface area (Å²) in [6, 6.07) is 10.1. The van der Waals surface area contributed by atoms with Gasteiger partial charge in [0.25, 0.3) is 0 Å². The fourth-order valence-corrected chi connectivity index (χ4v) is 2.18. The van der Waals surface area contributed by atoms with E-state index < -0.39 is 0 Å². The standard InChI is InChI=1S/C13H12BrN3S/c1-10(14)9-18-13-15-12(16-17-13)8-7-11-5-3-2-4-6-11/h2-8H,1,9H2,(H,15,16,17)/b8-7+. The highest BCUT2D eigenvalue weighted by molar-refractivity contribution is 9.11. The van der Waals surface area contributed by atoms with Gasteiger partial charge in [0.05, 0.1) is 0 Å². The molecule has 0 aliphatic carbocycles. The topological polar surface area (TPSA) is 41.6 Å². The molecule has 2 rings (SSSR count). The fourth-order valence-electron chi connectivity index (χ4n) is 1.28. The van der Waals surface area contributed by atoms with Crippen molar-refractivity contribution in [1.29, 1.82) is 0 Å². The molecule has 0 bridgehead atoms. The molecule has 0 amide bonds. The number of rotatable bonds is 5. The first kappa shape index (κ1) is 13.1. The van der Waals surface area contributed by atoms with Crippen molar-refractivity contribution in [1.82, 2.24) is 15.2 Å². The van der Waals surface area contributed by atoms with Crippen LogP contribution in [0.25, 0.3) is 12.2 Å². The number of nitrogens with zero attached hydrogens (tertiary/aromatic N) is 2. The van der Waals surface area contributed by atoms with Gasteiger partial charge < -0.3 is 0 Å². The number of hydrogen-bond acceptors (Lipinski definition) is 3. The van der Waals surface area contributed by atoms with Crippen molar-refractivity contribution in [2.75, 3.05) is 5.75 Å². The maximum atomic E-state index is 4.34. The van der Waals surface area contributed by atoms with E-state index in [1.54, 1.807) is 0 Å². The van der Waals surface area contributed by atoms with E-state index in [4.69, 9.17) is 0 Å². The van der Waals surface area contributed by atoms with Crippen LogP contribution in [0.5, 0.6) is 0 Å². The van der Waals surface area contributed by atoms with Crippen LogP contribution in [0.4, 0.5) is 0 Å². The minimum atomic E-state index is 0.725. The van der Waals surface area contributed by atoms with Crippen molar-refractivity contribution in [3.05, 3.63) is 52.8 Å². The summed E-state index contributed by atoms with van der Waals surface area (Å²) in [6.45, 7) is 3.77. The van der Waals surface area contributed by atoms with Gasteiger partial charge in [-0.1, -0.05) is 70.7 Å².